The van der Waals surface area contributed by atoms with Crippen LogP contribution >= 0.6 is 0 Å². The van der Waals surface area contributed by atoms with Crippen molar-refractivity contribution in [3.8, 4) is 23.0 Å². The van der Waals surface area contributed by atoms with E-state index in [1.165, 1.54) is 39.8 Å². The van der Waals surface area contributed by atoms with Crippen LogP contribution in [0.3, 0.4) is 0 Å². The molecule has 3 rings (SSSR count). The van der Waals surface area contributed by atoms with E-state index in [1.54, 1.807) is 24.3 Å². The number of nitrogens with zero attached hydrogens (tertiary/aromatic N) is 2. The highest BCUT2D eigenvalue weighted by Gasteiger charge is 2.38. The predicted octanol–water partition coefficient (Wildman–Crippen LogP) is 3.62. The first-order chi connectivity index (χ1) is 16.3. The first-order valence-electron chi connectivity index (χ1n) is 10.6. The second-order valence-corrected chi connectivity index (χ2v) is 8.28. The molecule has 0 N–H and O–H groups in total. The van der Waals surface area contributed by atoms with Gasteiger partial charge in [0.2, 0.25) is 0 Å². The summed E-state index contributed by atoms with van der Waals surface area (Å²) in [5, 5.41) is 8.69. The Morgan fingerprint density at radius 1 is 0.543 bits per heavy atom. The van der Waals surface area contributed by atoms with Gasteiger partial charge in [0.25, 0.3) is 0 Å². The van der Waals surface area contributed by atoms with Crippen LogP contribution in [-0.2, 0) is 19.2 Å². The van der Waals surface area contributed by atoms with E-state index in [0.29, 0.717) is 22.6 Å². The van der Waals surface area contributed by atoms with Crippen LogP contribution < -0.4 is 18.9 Å². The Bertz CT molecular complexity index is 1120. The molecule has 0 saturated heterocycles. The van der Waals surface area contributed by atoms with E-state index in [1.807, 2.05) is 13.8 Å². The number of hydrogen-bond donors (Lipinski definition) is 0. The monoisotopic (exact) mass is 480 g/mol. The topological polar surface area (TPSA) is 130 Å². The molecule has 0 amide bonds. The van der Waals surface area contributed by atoms with Gasteiger partial charge in [0, 0.05) is 51.0 Å². The van der Waals surface area contributed by atoms with Crippen molar-refractivity contribution < 1.29 is 38.1 Å². The van der Waals surface area contributed by atoms with Gasteiger partial charge in [-0.3, -0.25) is 19.2 Å². The minimum Gasteiger partial charge on any atom is -0.427 e. The second-order valence-electron chi connectivity index (χ2n) is 8.28. The van der Waals surface area contributed by atoms with Crippen molar-refractivity contribution in [2.24, 2.45) is 15.6 Å². The van der Waals surface area contributed by atoms with E-state index in [9.17, 15) is 19.2 Å². The van der Waals surface area contributed by atoms with Gasteiger partial charge < -0.3 is 18.9 Å². The average Bonchev–Trinajstić information content (AvgIpc) is 3.00. The molecule has 10 heteroatoms. The van der Waals surface area contributed by atoms with Gasteiger partial charge in [0.15, 0.2) is 0 Å². The zero-order valence-electron chi connectivity index (χ0n) is 20.1. The number of benzene rings is 2. The summed E-state index contributed by atoms with van der Waals surface area (Å²) in [7, 11) is 0. The Morgan fingerprint density at radius 3 is 1.03 bits per heavy atom. The average molecular weight is 480 g/mol. The number of ether oxygens (including phenoxy) is 4. The molecule has 0 spiro atoms. The Balaban J connectivity index is 2.04. The number of carbonyl (C=O) groups is 4. The van der Waals surface area contributed by atoms with E-state index in [4.69, 9.17) is 18.9 Å². The normalized spacial score (nSPS) is 13.9. The van der Waals surface area contributed by atoms with E-state index in [2.05, 4.69) is 10.2 Å². The fourth-order valence-electron chi connectivity index (χ4n) is 3.62. The maximum atomic E-state index is 11.5. The molecule has 0 aliphatic carbocycles. The van der Waals surface area contributed by atoms with E-state index < -0.39 is 29.3 Å². The fraction of sp³-hybridized carbons (Fsp3) is 0.280. The smallest absolute Gasteiger partial charge is 0.308 e. The van der Waals surface area contributed by atoms with Crippen molar-refractivity contribution in [2.45, 2.75) is 41.5 Å². The maximum Gasteiger partial charge on any atom is 0.308 e. The van der Waals surface area contributed by atoms with Crippen LogP contribution in [0.15, 0.2) is 46.6 Å². The minimum absolute atomic E-state index is 0.173. The van der Waals surface area contributed by atoms with Crippen molar-refractivity contribution in [1.82, 2.24) is 0 Å². The molecule has 1 heterocycles. The summed E-state index contributed by atoms with van der Waals surface area (Å²) in [5.41, 5.74) is 1.23. The molecule has 0 unspecified atom stereocenters. The maximum absolute atomic E-state index is 11.5. The van der Waals surface area contributed by atoms with Crippen LogP contribution in [0.25, 0.3) is 0 Å². The molecule has 1 aliphatic heterocycles. The van der Waals surface area contributed by atoms with E-state index in [0.717, 1.165) is 0 Å². The van der Waals surface area contributed by atoms with Gasteiger partial charge in [0.05, 0.1) is 16.8 Å². The lowest BCUT2D eigenvalue weighted by Gasteiger charge is -2.24. The fourth-order valence-corrected chi connectivity index (χ4v) is 3.62. The standard InChI is InChI=1S/C25H24N2O8/c1-13(28)32-19-7-17(8-20(11-19)33-14(2)29)23-25(5,6)24(27-26-23)18-9-21(34-15(3)30)12-22(10-18)35-16(4)31/h7-12H,1-6H3. The molecule has 10 nitrogen and oxygen atoms in total. The molecule has 35 heavy (non-hydrogen) atoms. The molecular weight excluding hydrogens is 456 g/mol. The van der Waals surface area contributed by atoms with Gasteiger partial charge in [-0.25, -0.2) is 0 Å². The molecular formula is C25H24N2O8. The van der Waals surface area contributed by atoms with Crippen molar-refractivity contribution in [3.05, 3.63) is 47.5 Å². The molecule has 0 aromatic heterocycles. The van der Waals surface area contributed by atoms with Crippen LogP contribution in [-0.4, -0.2) is 35.3 Å². The van der Waals surface area contributed by atoms with Crippen LogP contribution in [0, 0.1) is 5.41 Å². The van der Waals surface area contributed by atoms with E-state index in [-0.39, 0.29) is 23.0 Å². The highest BCUT2D eigenvalue weighted by Crippen LogP contribution is 2.37. The summed E-state index contributed by atoms with van der Waals surface area (Å²) in [6.45, 7) is 8.76. The zero-order chi connectivity index (χ0) is 25.9. The Morgan fingerprint density at radius 2 is 0.800 bits per heavy atom. The lowest BCUT2D eigenvalue weighted by molar-refractivity contribution is -0.133. The molecule has 0 radical (unpaired) electrons. The predicted molar refractivity (Wildman–Crippen MR) is 125 cm³/mol. The van der Waals surface area contributed by atoms with Crippen molar-refractivity contribution in [3.63, 3.8) is 0 Å². The lowest BCUT2D eigenvalue weighted by Crippen LogP contribution is -2.31. The first-order valence-corrected chi connectivity index (χ1v) is 10.6. The molecule has 0 atom stereocenters. The highest BCUT2D eigenvalue weighted by atomic mass is 16.6. The SMILES string of the molecule is CC(=O)Oc1cc(OC(C)=O)cc(C2=NN=C(c3cc(OC(C)=O)cc(OC(C)=O)c3)C2(C)C)c1. The number of hydrogen-bond acceptors (Lipinski definition) is 10. The van der Waals surface area contributed by atoms with Crippen molar-refractivity contribution in [1.29, 1.82) is 0 Å². The summed E-state index contributed by atoms with van der Waals surface area (Å²) >= 11 is 0. The Kier molecular flexibility index (Phi) is 7.14. The quantitative estimate of drug-likeness (QED) is 0.453. The number of esters is 4. The third kappa shape index (κ3) is 6.17. The van der Waals surface area contributed by atoms with Crippen LogP contribution in [0.1, 0.15) is 52.7 Å². The Hall–Kier alpha value is -4.34. The molecule has 0 bridgehead atoms. The van der Waals surface area contributed by atoms with Crippen molar-refractivity contribution >= 4 is 35.3 Å². The third-order valence-corrected chi connectivity index (χ3v) is 4.79. The second kappa shape index (κ2) is 9.88. The number of rotatable bonds is 6. The molecule has 0 saturated carbocycles. The minimum atomic E-state index is -0.801. The molecule has 1 aliphatic rings. The summed E-state index contributed by atoms with van der Waals surface area (Å²) < 4.78 is 20.8. The van der Waals surface area contributed by atoms with Gasteiger partial charge in [-0.15, -0.1) is 0 Å². The molecule has 2 aromatic rings. The summed E-state index contributed by atoms with van der Waals surface area (Å²) in [5.74, 6) is -1.47. The van der Waals surface area contributed by atoms with Gasteiger partial charge >= 0.3 is 23.9 Å². The number of carbonyl (C=O) groups excluding carboxylic acids is 4. The highest BCUT2D eigenvalue weighted by molar-refractivity contribution is 6.25. The van der Waals surface area contributed by atoms with Crippen LogP contribution in [0.5, 0.6) is 23.0 Å². The first kappa shape index (κ1) is 25.3. The lowest BCUT2D eigenvalue weighted by atomic mass is 9.77. The van der Waals surface area contributed by atoms with Gasteiger partial charge in [-0.05, 0) is 38.1 Å². The summed E-state index contributed by atoms with van der Waals surface area (Å²) in [4.78, 5) is 46.0. The largest absolute Gasteiger partial charge is 0.427 e. The molecule has 0 fully saturated rings. The van der Waals surface area contributed by atoms with Gasteiger partial charge in [-0.2, -0.15) is 10.2 Å². The van der Waals surface area contributed by atoms with Gasteiger partial charge in [0.1, 0.15) is 23.0 Å². The third-order valence-electron chi connectivity index (χ3n) is 4.79. The zero-order valence-corrected chi connectivity index (χ0v) is 20.1. The Labute approximate surface area is 201 Å². The van der Waals surface area contributed by atoms with Crippen molar-refractivity contribution in [2.75, 3.05) is 0 Å². The van der Waals surface area contributed by atoms with E-state index >= 15 is 0 Å². The molecule has 182 valence electrons. The van der Waals surface area contributed by atoms with Crippen LogP contribution in [0.2, 0.25) is 0 Å². The summed E-state index contributed by atoms with van der Waals surface area (Å²) in [6, 6.07) is 9.20. The summed E-state index contributed by atoms with van der Waals surface area (Å²) in [6.07, 6.45) is 0. The van der Waals surface area contributed by atoms with Crippen LogP contribution in [0.4, 0.5) is 0 Å². The molecule has 2 aromatic carbocycles. The van der Waals surface area contributed by atoms with Gasteiger partial charge in [-0.1, -0.05) is 0 Å².